The molecular weight excluding hydrogens is 222 g/mol. The highest BCUT2D eigenvalue weighted by molar-refractivity contribution is 6.31. The predicted molar refractivity (Wildman–Crippen MR) is 68.8 cm³/mol. The van der Waals surface area contributed by atoms with Gasteiger partial charge in [-0.15, -0.1) is 0 Å². The van der Waals surface area contributed by atoms with Crippen molar-refractivity contribution in [3.8, 4) is 0 Å². The second kappa shape index (κ2) is 6.13. The van der Waals surface area contributed by atoms with Gasteiger partial charge in [-0.2, -0.15) is 0 Å². The minimum atomic E-state index is -0.169. The van der Waals surface area contributed by atoms with Gasteiger partial charge in [0.05, 0.1) is 0 Å². The van der Waals surface area contributed by atoms with E-state index < -0.39 is 0 Å². The Labute approximate surface area is 101 Å². The molecular formula is C13H14ClNO. The molecule has 0 spiro atoms. The smallest absolute Gasteiger partial charge is 0.248 e. The van der Waals surface area contributed by atoms with Crippen molar-refractivity contribution in [1.82, 2.24) is 0 Å². The van der Waals surface area contributed by atoms with E-state index in [0.29, 0.717) is 10.7 Å². The number of anilines is 1. The predicted octanol–water partition coefficient (Wildman–Crippen LogP) is 3.72. The Hall–Kier alpha value is -1.54. The third-order valence-electron chi connectivity index (χ3n) is 1.99. The molecule has 1 aromatic rings. The van der Waals surface area contributed by atoms with E-state index in [9.17, 15) is 4.79 Å². The monoisotopic (exact) mass is 235 g/mol. The van der Waals surface area contributed by atoms with Crippen LogP contribution in [0.4, 0.5) is 5.69 Å². The SMILES string of the molecule is C/C=C/C=C/C(=O)Nc1ccc(C)c(Cl)c1. The fraction of sp³-hybridized carbons (Fsp3) is 0.154. The van der Waals surface area contributed by atoms with E-state index in [0.717, 1.165) is 5.56 Å². The Morgan fingerprint density at radius 2 is 2.12 bits per heavy atom. The maximum atomic E-state index is 11.4. The van der Waals surface area contributed by atoms with Gasteiger partial charge in [0.25, 0.3) is 0 Å². The molecule has 0 saturated heterocycles. The van der Waals surface area contributed by atoms with Crippen LogP contribution in [0.5, 0.6) is 0 Å². The van der Waals surface area contributed by atoms with Gasteiger partial charge in [-0.3, -0.25) is 4.79 Å². The first kappa shape index (κ1) is 12.5. The van der Waals surface area contributed by atoms with Crippen LogP contribution in [-0.4, -0.2) is 5.91 Å². The highest BCUT2D eigenvalue weighted by Gasteiger charge is 2.00. The normalized spacial score (nSPS) is 11.2. The maximum absolute atomic E-state index is 11.4. The summed E-state index contributed by atoms with van der Waals surface area (Å²) < 4.78 is 0. The lowest BCUT2D eigenvalue weighted by Gasteiger charge is -2.04. The van der Waals surface area contributed by atoms with Crippen LogP contribution in [0.25, 0.3) is 0 Å². The highest BCUT2D eigenvalue weighted by atomic mass is 35.5. The number of allylic oxidation sites excluding steroid dienone is 3. The fourth-order valence-corrected chi connectivity index (χ4v) is 1.29. The zero-order valence-electron chi connectivity index (χ0n) is 9.33. The van der Waals surface area contributed by atoms with Gasteiger partial charge in [-0.25, -0.2) is 0 Å². The molecule has 1 aromatic carbocycles. The second-order valence-corrected chi connectivity index (χ2v) is 3.75. The van der Waals surface area contributed by atoms with Gasteiger partial charge in [0, 0.05) is 16.8 Å². The van der Waals surface area contributed by atoms with Gasteiger partial charge in [-0.05, 0) is 31.5 Å². The number of rotatable bonds is 3. The van der Waals surface area contributed by atoms with Crippen molar-refractivity contribution in [2.45, 2.75) is 13.8 Å². The number of hydrogen-bond donors (Lipinski definition) is 1. The Bertz CT molecular complexity index is 436. The van der Waals surface area contributed by atoms with Crippen LogP contribution in [-0.2, 0) is 4.79 Å². The van der Waals surface area contributed by atoms with Crippen molar-refractivity contribution < 1.29 is 4.79 Å². The topological polar surface area (TPSA) is 29.1 Å². The lowest BCUT2D eigenvalue weighted by molar-refractivity contribution is -0.111. The van der Waals surface area contributed by atoms with E-state index in [1.807, 2.05) is 32.1 Å². The first-order valence-electron chi connectivity index (χ1n) is 5.00. The van der Waals surface area contributed by atoms with E-state index in [4.69, 9.17) is 11.6 Å². The number of halogens is 1. The minimum absolute atomic E-state index is 0.169. The quantitative estimate of drug-likeness (QED) is 0.628. The highest BCUT2D eigenvalue weighted by Crippen LogP contribution is 2.19. The molecule has 0 heterocycles. The molecule has 0 fully saturated rings. The molecule has 16 heavy (non-hydrogen) atoms. The molecule has 0 saturated carbocycles. The molecule has 84 valence electrons. The molecule has 0 atom stereocenters. The van der Waals surface area contributed by atoms with Crippen molar-refractivity contribution in [2.24, 2.45) is 0 Å². The number of carbonyl (C=O) groups excluding carboxylic acids is 1. The van der Waals surface area contributed by atoms with Gasteiger partial charge >= 0.3 is 0 Å². The molecule has 0 bridgehead atoms. The molecule has 1 rings (SSSR count). The van der Waals surface area contributed by atoms with E-state index in [1.165, 1.54) is 6.08 Å². The number of amides is 1. The van der Waals surface area contributed by atoms with E-state index >= 15 is 0 Å². The first-order chi connectivity index (χ1) is 7.63. The average Bonchev–Trinajstić information content (AvgIpc) is 2.24. The lowest BCUT2D eigenvalue weighted by Crippen LogP contribution is -2.07. The number of hydrogen-bond acceptors (Lipinski definition) is 1. The van der Waals surface area contributed by atoms with Crippen LogP contribution in [0.3, 0.4) is 0 Å². The Morgan fingerprint density at radius 1 is 1.38 bits per heavy atom. The fourth-order valence-electron chi connectivity index (χ4n) is 1.11. The van der Waals surface area contributed by atoms with Gasteiger partial charge in [0.2, 0.25) is 5.91 Å². The summed E-state index contributed by atoms with van der Waals surface area (Å²) in [5.41, 5.74) is 1.69. The van der Waals surface area contributed by atoms with E-state index in [2.05, 4.69) is 5.32 Å². The standard InChI is InChI=1S/C13H14ClNO/c1-3-4-5-6-13(16)15-11-8-7-10(2)12(14)9-11/h3-9H,1-2H3,(H,15,16)/b4-3+,6-5+. The Morgan fingerprint density at radius 3 is 2.75 bits per heavy atom. The third kappa shape index (κ3) is 3.91. The molecule has 2 nitrogen and oxygen atoms in total. The molecule has 1 N–H and O–H groups in total. The molecule has 0 aromatic heterocycles. The van der Waals surface area contributed by atoms with Gasteiger partial charge < -0.3 is 5.32 Å². The Balaban J connectivity index is 2.66. The molecule has 1 amide bonds. The molecule has 3 heteroatoms. The van der Waals surface area contributed by atoms with Crippen LogP contribution in [0.15, 0.2) is 42.5 Å². The van der Waals surface area contributed by atoms with E-state index in [-0.39, 0.29) is 5.91 Å². The van der Waals surface area contributed by atoms with Gasteiger partial charge in [0.1, 0.15) is 0 Å². The second-order valence-electron chi connectivity index (χ2n) is 3.34. The largest absolute Gasteiger partial charge is 0.322 e. The summed E-state index contributed by atoms with van der Waals surface area (Å²) in [5.74, 6) is -0.169. The van der Waals surface area contributed by atoms with Crippen molar-refractivity contribution in [1.29, 1.82) is 0 Å². The summed E-state index contributed by atoms with van der Waals surface area (Å²) in [7, 11) is 0. The summed E-state index contributed by atoms with van der Waals surface area (Å²) >= 11 is 5.94. The van der Waals surface area contributed by atoms with Crippen molar-refractivity contribution in [2.75, 3.05) is 5.32 Å². The zero-order chi connectivity index (χ0) is 12.0. The summed E-state index contributed by atoms with van der Waals surface area (Å²) in [6, 6.07) is 5.43. The molecule has 0 aliphatic heterocycles. The van der Waals surface area contributed by atoms with Crippen molar-refractivity contribution in [3.63, 3.8) is 0 Å². The molecule has 0 radical (unpaired) electrons. The van der Waals surface area contributed by atoms with E-state index in [1.54, 1.807) is 18.2 Å². The lowest BCUT2D eigenvalue weighted by atomic mass is 10.2. The van der Waals surface area contributed by atoms with Crippen LogP contribution in [0.2, 0.25) is 5.02 Å². The Kier molecular flexibility index (Phi) is 4.80. The van der Waals surface area contributed by atoms with Gasteiger partial charge in [-0.1, -0.05) is 35.9 Å². The summed E-state index contributed by atoms with van der Waals surface area (Å²) in [4.78, 5) is 11.4. The zero-order valence-corrected chi connectivity index (χ0v) is 10.1. The van der Waals surface area contributed by atoms with Crippen LogP contribution in [0.1, 0.15) is 12.5 Å². The summed E-state index contributed by atoms with van der Waals surface area (Å²) in [6.07, 6.45) is 6.80. The number of benzene rings is 1. The minimum Gasteiger partial charge on any atom is -0.322 e. The number of nitrogens with one attached hydrogen (secondary N) is 1. The van der Waals surface area contributed by atoms with Crippen LogP contribution >= 0.6 is 11.6 Å². The van der Waals surface area contributed by atoms with Crippen LogP contribution < -0.4 is 5.32 Å². The molecule has 0 aliphatic carbocycles. The van der Waals surface area contributed by atoms with Gasteiger partial charge in [0.15, 0.2) is 0 Å². The summed E-state index contributed by atoms with van der Waals surface area (Å²) in [6.45, 7) is 3.81. The van der Waals surface area contributed by atoms with Crippen molar-refractivity contribution >= 4 is 23.2 Å². The molecule has 0 aliphatic rings. The van der Waals surface area contributed by atoms with Crippen molar-refractivity contribution in [3.05, 3.63) is 53.1 Å². The maximum Gasteiger partial charge on any atom is 0.248 e. The first-order valence-corrected chi connectivity index (χ1v) is 5.38. The number of carbonyl (C=O) groups is 1. The average molecular weight is 236 g/mol. The molecule has 0 unspecified atom stereocenters. The number of aryl methyl sites for hydroxylation is 1. The third-order valence-corrected chi connectivity index (χ3v) is 2.40. The summed E-state index contributed by atoms with van der Waals surface area (Å²) in [5, 5.41) is 3.37. The van der Waals surface area contributed by atoms with Crippen LogP contribution in [0, 0.1) is 6.92 Å².